The number of nitrogens with zero attached hydrogens (tertiary/aromatic N) is 1. The Balaban J connectivity index is 4.58. The first-order valence-electron chi connectivity index (χ1n) is 6.86. The van der Waals surface area contributed by atoms with Crippen molar-refractivity contribution in [1.29, 1.82) is 0 Å². The second-order valence-electron chi connectivity index (χ2n) is 6.48. The zero-order chi connectivity index (χ0) is 15.2. The van der Waals surface area contributed by atoms with Crippen LogP contribution in [0.5, 0.6) is 0 Å². The highest BCUT2D eigenvalue weighted by molar-refractivity contribution is 5.85. The van der Waals surface area contributed by atoms with Gasteiger partial charge >= 0.3 is 0 Å². The van der Waals surface area contributed by atoms with Gasteiger partial charge in [-0.2, -0.15) is 0 Å². The Morgan fingerprint density at radius 3 is 2.21 bits per heavy atom. The van der Waals surface area contributed by atoms with Gasteiger partial charge in [0.2, 0.25) is 0 Å². The van der Waals surface area contributed by atoms with Gasteiger partial charge in [0.05, 0.1) is 6.04 Å². The maximum atomic E-state index is 12.2. The number of carbonyl (C=O) groups excluding carboxylic acids is 1. The molecule has 0 amide bonds. The number of Topliss-reactive ketones (excluding diaryl/α,β-unsaturated/α-hetero) is 1. The standard InChI is InChI=1S/C15H30N2O2/c1-11(2)14(18)13(9-10-17(7)8)16-12(3)19-15(4,5)6/h11,13,16H,3,9-10H2,1-2,4-8H3/t13-/m0/s1. The van der Waals surface area contributed by atoms with Crippen molar-refractivity contribution >= 4 is 5.78 Å². The van der Waals surface area contributed by atoms with Crippen molar-refractivity contribution in [2.75, 3.05) is 20.6 Å². The van der Waals surface area contributed by atoms with Crippen molar-refractivity contribution in [3.05, 3.63) is 12.5 Å². The summed E-state index contributed by atoms with van der Waals surface area (Å²) in [5, 5.41) is 3.12. The van der Waals surface area contributed by atoms with Crippen molar-refractivity contribution in [2.45, 2.75) is 52.7 Å². The van der Waals surface area contributed by atoms with Crippen LogP contribution in [0.3, 0.4) is 0 Å². The SMILES string of the molecule is C=C(N[C@@H](CCN(C)C)C(=O)C(C)C)OC(C)(C)C. The third-order valence-electron chi connectivity index (χ3n) is 2.54. The lowest BCUT2D eigenvalue weighted by Crippen LogP contribution is -2.42. The van der Waals surface area contributed by atoms with Crippen LogP contribution in [0.25, 0.3) is 0 Å². The number of carbonyl (C=O) groups is 1. The van der Waals surface area contributed by atoms with Crippen molar-refractivity contribution in [3.63, 3.8) is 0 Å². The van der Waals surface area contributed by atoms with Gasteiger partial charge in [0.1, 0.15) is 5.60 Å². The van der Waals surface area contributed by atoms with Gasteiger partial charge < -0.3 is 15.0 Å². The lowest BCUT2D eigenvalue weighted by atomic mass is 9.99. The monoisotopic (exact) mass is 270 g/mol. The molecular formula is C15H30N2O2. The van der Waals surface area contributed by atoms with Crippen LogP contribution < -0.4 is 5.32 Å². The van der Waals surface area contributed by atoms with Crippen LogP contribution in [0.1, 0.15) is 41.0 Å². The van der Waals surface area contributed by atoms with Gasteiger partial charge in [-0.3, -0.25) is 4.79 Å². The molecule has 0 unspecified atom stereocenters. The highest BCUT2D eigenvalue weighted by atomic mass is 16.5. The Hall–Kier alpha value is -1.03. The maximum Gasteiger partial charge on any atom is 0.180 e. The highest BCUT2D eigenvalue weighted by Gasteiger charge is 2.23. The van der Waals surface area contributed by atoms with Crippen LogP contribution in [0.4, 0.5) is 0 Å². The Kier molecular flexibility index (Phi) is 7.12. The fourth-order valence-electron chi connectivity index (χ4n) is 1.67. The van der Waals surface area contributed by atoms with Crippen molar-refractivity contribution in [1.82, 2.24) is 10.2 Å². The van der Waals surface area contributed by atoms with Crippen molar-refractivity contribution < 1.29 is 9.53 Å². The molecule has 0 bridgehead atoms. The minimum absolute atomic E-state index is 0.00194. The number of nitrogens with one attached hydrogen (secondary N) is 1. The van der Waals surface area contributed by atoms with E-state index in [9.17, 15) is 4.79 Å². The van der Waals surface area contributed by atoms with Gasteiger partial charge in [-0.1, -0.05) is 13.8 Å². The Bertz CT molecular complexity index is 304. The van der Waals surface area contributed by atoms with Crippen molar-refractivity contribution in [3.8, 4) is 0 Å². The summed E-state index contributed by atoms with van der Waals surface area (Å²) in [4.78, 5) is 14.2. The average molecular weight is 270 g/mol. The Morgan fingerprint density at radius 1 is 1.32 bits per heavy atom. The maximum absolute atomic E-state index is 12.2. The largest absolute Gasteiger partial charge is 0.474 e. The number of ether oxygens (including phenoxy) is 1. The minimum atomic E-state index is -0.308. The van der Waals surface area contributed by atoms with E-state index < -0.39 is 0 Å². The number of rotatable bonds is 8. The second kappa shape index (κ2) is 7.53. The van der Waals surface area contributed by atoms with Gasteiger partial charge in [-0.25, -0.2) is 0 Å². The van der Waals surface area contributed by atoms with E-state index in [1.54, 1.807) is 0 Å². The van der Waals surface area contributed by atoms with Crippen LogP contribution in [-0.4, -0.2) is 43.0 Å². The molecule has 0 aromatic heterocycles. The molecule has 19 heavy (non-hydrogen) atoms. The normalized spacial score (nSPS) is 13.5. The summed E-state index contributed by atoms with van der Waals surface area (Å²) in [5.41, 5.74) is -0.308. The summed E-state index contributed by atoms with van der Waals surface area (Å²) >= 11 is 0. The number of hydrogen-bond acceptors (Lipinski definition) is 4. The van der Waals surface area contributed by atoms with E-state index >= 15 is 0 Å². The van der Waals surface area contributed by atoms with Crippen molar-refractivity contribution in [2.24, 2.45) is 5.92 Å². The topological polar surface area (TPSA) is 41.6 Å². The molecule has 1 N–H and O–H groups in total. The van der Waals surface area contributed by atoms with Crippen LogP contribution in [-0.2, 0) is 9.53 Å². The molecule has 0 fully saturated rings. The number of hydrogen-bond donors (Lipinski definition) is 1. The first-order chi connectivity index (χ1) is 8.53. The molecule has 0 heterocycles. The molecule has 0 aliphatic rings. The smallest absolute Gasteiger partial charge is 0.180 e. The zero-order valence-corrected chi connectivity index (χ0v) is 13.5. The predicted octanol–water partition coefficient (Wildman–Crippen LogP) is 2.41. The van der Waals surface area contributed by atoms with E-state index in [4.69, 9.17) is 4.74 Å². The lowest BCUT2D eigenvalue weighted by molar-refractivity contribution is -0.124. The van der Waals surface area contributed by atoms with Gasteiger partial charge in [-0.05, 0) is 54.4 Å². The molecule has 4 nitrogen and oxygen atoms in total. The zero-order valence-electron chi connectivity index (χ0n) is 13.5. The van der Waals surface area contributed by atoms with E-state index in [1.165, 1.54) is 0 Å². The Morgan fingerprint density at radius 2 is 1.84 bits per heavy atom. The molecule has 0 aromatic carbocycles. The summed E-state index contributed by atoms with van der Waals surface area (Å²) in [5.74, 6) is 0.660. The van der Waals surface area contributed by atoms with Gasteiger partial charge in [0.15, 0.2) is 11.7 Å². The third kappa shape index (κ3) is 8.65. The Labute approximate surface area is 118 Å². The molecule has 0 saturated carbocycles. The number of ketones is 1. The molecule has 4 heteroatoms. The van der Waals surface area contributed by atoms with E-state index in [-0.39, 0.29) is 23.3 Å². The molecule has 0 aliphatic carbocycles. The van der Waals surface area contributed by atoms with Crippen LogP contribution >= 0.6 is 0 Å². The molecule has 1 atom stereocenters. The van der Waals surface area contributed by atoms with E-state index in [1.807, 2.05) is 48.7 Å². The van der Waals surface area contributed by atoms with Crippen LogP contribution in [0.15, 0.2) is 12.5 Å². The average Bonchev–Trinajstić information content (AvgIpc) is 2.20. The van der Waals surface area contributed by atoms with E-state index in [0.717, 1.165) is 13.0 Å². The first kappa shape index (κ1) is 18.0. The summed E-state index contributed by atoms with van der Waals surface area (Å²) in [6.45, 7) is 14.4. The lowest BCUT2D eigenvalue weighted by Gasteiger charge is -2.27. The molecule has 0 aliphatic heterocycles. The molecular weight excluding hydrogens is 240 g/mol. The highest BCUT2D eigenvalue weighted by Crippen LogP contribution is 2.13. The second-order valence-corrected chi connectivity index (χ2v) is 6.48. The molecule has 112 valence electrons. The van der Waals surface area contributed by atoms with Gasteiger partial charge in [0.25, 0.3) is 0 Å². The molecule has 0 saturated heterocycles. The fourth-order valence-corrected chi connectivity index (χ4v) is 1.67. The first-order valence-corrected chi connectivity index (χ1v) is 6.86. The molecule has 0 aromatic rings. The van der Waals surface area contributed by atoms with Gasteiger partial charge in [0, 0.05) is 5.92 Å². The van der Waals surface area contributed by atoms with E-state index in [0.29, 0.717) is 5.88 Å². The van der Waals surface area contributed by atoms with Crippen LogP contribution in [0, 0.1) is 5.92 Å². The molecule has 0 radical (unpaired) electrons. The molecule has 0 rings (SSSR count). The fraction of sp³-hybridized carbons (Fsp3) is 0.800. The quantitative estimate of drug-likeness (QED) is 0.688. The summed E-state index contributed by atoms with van der Waals surface area (Å²) in [6.07, 6.45) is 0.747. The minimum Gasteiger partial charge on any atom is -0.474 e. The van der Waals surface area contributed by atoms with E-state index in [2.05, 4.69) is 16.8 Å². The summed E-state index contributed by atoms with van der Waals surface area (Å²) in [7, 11) is 3.99. The van der Waals surface area contributed by atoms with Crippen LogP contribution in [0.2, 0.25) is 0 Å². The third-order valence-corrected chi connectivity index (χ3v) is 2.54. The van der Waals surface area contributed by atoms with Gasteiger partial charge in [-0.15, -0.1) is 0 Å². The summed E-state index contributed by atoms with van der Waals surface area (Å²) < 4.78 is 5.63. The predicted molar refractivity (Wildman–Crippen MR) is 79.9 cm³/mol. The molecule has 0 spiro atoms. The summed E-state index contributed by atoms with van der Waals surface area (Å²) in [6, 6.07) is -0.239.